The molecular formula is C61H50N2. The Morgan fingerprint density at radius 2 is 0.968 bits per heavy atom. The SMILES string of the molecule is C=Cc1c(/C=C\C)c2cc(-c3ccc(N(c4ccc(-c5ccc6c(c5)-c5ccccc5C6(C)C)cc4)c4ccc5c(c4)C(C)(C)c4ccccc4-5)cc3)ccc2n1-c1ccccc1. The van der Waals surface area contributed by atoms with E-state index in [0.717, 1.165) is 34.0 Å². The van der Waals surface area contributed by atoms with E-state index in [-0.39, 0.29) is 10.8 Å². The second-order valence-corrected chi connectivity index (χ2v) is 18.2. The number of hydrogen-bond donors (Lipinski definition) is 0. The molecule has 2 nitrogen and oxygen atoms in total. The summed E-state index contributed by atoms with van der Waals surface area (Å²) >= 11 is 0. The molecule has 0 amide bonds. The van der Waals surface area contributed by atoms with Gasteiger partial charge in [-0.2, -0.15) is 0 Å². The average Bonchev–Trinajstić information content (AvgIpc) is 3.85. The minimum atomic E-state index is -0.114. The van der Waals surface area contributed by atoms with Gasteiger partial charge in [0, 0.05) is 44.5 Å². The molecule has 2 aliphatic carbocycles. The molecule has 1 heterocycles. The van der Waals surface area contributed by atoms with Gasteiger partial charge in [-0.25, -0.2) is 0 Å². The normalized spacial score (nSPS) is 14.0. The van der Waals surface area contributed by atoms with Gasteiger partial charge in [0.2, 0.25) is 0 Å². The van der Waals surface area contributed by atoms with E-state index in [1.807, 2.05) is 6.08 Å². The van der Waals surface area contributed by atoms with Crippen LogP contribution in [-0.2, 0) is 10.8 Å². The average molecular weight is 811 g/mol. The Bertz CT molecular complexity index is 3280. The first-order valence-electron chi connectivity index (χ1n) is 22.2. The lowest BCUT2D eigenvalue weighted by Gasteiger charge is -2.28. The van der Waals surface area contributed by atoms with Crippen LogP contribution in [0, 0.1) is 0 Å². The van der Waals surface area contributed by atoms with E-state index < -0.39 is 0 Å². The summed E-state index contributed by atoms with van der Waals surface area (Å²) in [5.41, 5.74) is 23.4. The molecule has 304 valence electrons. The highest BCUT2D eigenvalue weighted by Gasteiger charge is 2.37. The van der Waals surface area contributed by atoms with Crippen LogP contribution in [0.2, 0.25) is 0 Å². The van der Waals surface area contributed by atoms with Gasteiger partial charge in [-0.05, 0) is 146 Å². The molecule has 0 saturated carbocycles. The molecular weight excluding hydrogens is 761 g/mol. The van der Waals surface area contributed by atoms with E-state index >= 15 is 0 Å². The summed E-state index contributed by atoms with van der Waals surface area (Å²) in [5.74, 6) is 0. The monoisotopic (exact) mass is 810 g/mol. The number of fused-ring (bicyclic) bond motifs is 7. The lowest BCUT2D eigenvalue weighted by molar-refractivity contribution is 0.660. The van der Waals surface area contributed by atoms with Crippen molar-refractivity contribution >= 4 is 40.1 Å². The van der Waals surface area contributed by atoms with Crippen LogP contribution in [0.4, 0.5) is 17.1 Å². The molecule has 0 radical (unpaired) electrons. The van der Waals surface area contributed by atoms with E-state index in [2.05, 4.69) is 245 Å². The molecule has 11 rings (SSSR count). The molecule has 8 aromatic carbocycles. The van der Waals surface area contributed by atoms with Crippen molar-refractivity contribution in [2.24, 2.45) is 0 Å². The first-order valence-corrected chi connectivity index (χ1v) is 22.2. The van der Waals surface area contributed by atoms with Gasteiger partial charge in [0.25, 0.3) is 0 Å². The van der Waals surface area contributed by atoms with Crippen LogP contribution in [0.5, 0.6) is 0 Å². The third-order valence-electron chi connectivity index (χ3n) is 13.9. The van der Waals surface area contributed by atoms with Crippen LogP contribution in [0.15, 0.2) is 195 Å². The van der Waals surface area contributed by atoms with E-state index in [4.69, 9.17) is 0 Å². The van der Waals surface area contributed by atoms with Crippen LogP contribution < -0.4 is 4.90 Å². The molecule has 0 N–H and O–H groups in total. The van der Waals surface area contributed by atoms with E-state index in [1.165, 1.54) is 77.7 Å². The summed E-state index contributed by atoms with van der Waals surface area (Å²) in [4.78, 5) is 2.41. The number of benzene rings is 8. The highest BCUT2D eigenvalue weighted by molar-refractivity contribution is 5.98. The van der Waals surface area contributed by atoms with Crippen LogP contribution in [-0.4, -0.2) is 4.57 Å². The zero-order valence-corrected chi connectivity index (χ0v) is 36.7. The Kier molecular flexibility index (Phi) is 8.92. The third kappa shape index (κ3) is 6.00. The van der Waals surface area contributed by atoms with E-state index in [0.29, 0.717) is 0 Å². The molecule has 9 aromatic rings. The molecule has 0 unspecified atom stereocenters. The Hall–Kier alpha value is -7.42. The number of rotatable bonds is 8. The van der Waals surface area contributed by atoms with Crippen molar-refractivity contribution in [3.8, 4) is 50.2 Å². The van der Waals surface area contributed by atoms with E-state index in [9.17, 15) is 0 Å². The standard InChI is InChI=1S/C61H50N2/c1-7-16-51-53-38-43(28-36-59(53)63(58(51)8-2)44-17-10-9-11-18-44)41-25-31-46(32-26-41)62(47-33-34-50-48-19-12-14-21-54(48)61(5,6)57(50)39-47)45-29-23-40(24-30-45)42-27-35-56-52(37-42)49-20-13-15-22-55(49)60(56,3)4/h7-39H,2H2,1,3-6H3/b16-7-. The third-order valence-corrected chi connectivity index (χ3v) is 13.9. The fourth-order valence-corrected chi connectivity index (χ4v) is 10.7. The van der Waals surface area contributed by atoms with Gasteiger partial charge >= 0.3 is 0 Å². The number of anilines is 3. The zero-order valence-electron chi connectivity index (χ0n) is 36.7. The molecule has 0 spiro atoms. The lowest BCUT2D eigenvalue weighted by atomic mass is 9.82. The van der Waals surface area contributed by atoms with Crippen molar-refractivity contribution in [2.75, 3.05) is 4.90 Å². The predicted molar refractivity (Wildman–Crippen MR) is 269 cm³/mol. The summed E-state index contributed by atoms with van der Waals surface area (Å²) in [5, 5.41) is 1.20. The molecule has 2 aliphatic rings. The number of hydrogen-bond acceptors (Lipinski definition) is 1. The predicted octanol–water partition coefficient (Wildman–Crippen LogP) is 16.7. The van der Waals surface area contributed by atoms with Gasteiger partial charge < -0.3 is 9.47 Å². The first-order chi connectivity index (χ1) is 30.7. The minimum Gasteiger partial charge on any atom is -0.310 e. The Morgan fingerprint density at radius 1 is 0.460 bits per heavy atom. The second-order valence-electron chi connectivity index (χ2n) is 18.2. The van der Waals surface area contributed by atoms with Gasteiger partial charge in [0.05, 0.1) is 11.2 Å². The molecule has 63 heavy (non-hydrogen) atoms. The van der Waals surface area contributed by atoms with Gasteiger partial charge in [-0.3, -0.25) is 0 Å². The van der Waals surface area contributed by atoms with Crippen molar-refractivity contribution in [1.29, 1.82) is 0 Å². The lowest BCUT2D eigenvalue weighted by Crippen LogP contribution is -2.16. The molecule has 1 aromatic heterocycles. The van der Waals surface area contributed by atoms with Gasteiger partial charge in [0.1, 0.15) is 0 Å². The summed E-state index contributed by atoms with van der Waals surface area (Å²) in [6, 6.07) is 67.5. The van der Waals surface area contributed by atoms with Crippen molar-refractivity contribution in [3.63, 3.8) is 0 Å². The number of nitrogens with zero attached hydrogens (tertiary/aromatic N) is 2. The Labute approximate surface area is 371 Å². The molecule has 2 heteroatoms. The summed E-state index contributed by atoms with van der Waals surface area (Å²) in [7, 11) is 0. The molecule has 0 bridgehead atoms. The highest BCUT2D eigenvalue weighted by Crippen LogP contribution is 2.52. The molecule has 0 fully saturated rings. The summed E-state index contributed by atoms with van der Waals surface area (Å²) in [6.45, 7) is 15.7. The number of aromatic nitrogens is 1. The fourth-order valence-electron chi connectivity index (χ4n) is 10.7. The van der Waals surface area contributed by atoms with Crippen LogP contribution in [0.1, 0.15) is 68.1 Å². The summed E-state index contributed by atoms with van der Waals surface area (Å²) in [6.07, 6.45) is 6.29. The van der Waals surface area contributed by atoms with Crippen molar-refractivity contribution in [3.05, 3.63) is 228 Å². The van der Waals surface area contributed by atoms with Crippen LogP contribution >= 0.6 is 0 Å². The second kappa shape index (κ2) is 14.6. The van der Waals surface area contributed by atoms with Crippen molar-refractivity contribution in [1.82, 2.24) is 4.57 Å². The Morgan fingerprint density at radius 3 is 1.60 bits per heavy atom. The fraction of sp³-hybridized carbons (Fsp3) is 0.115. The van der Waals surface area contributed by atoms with Crippen LogP contribution in [0.25, 0.3) is 73.2 Å². The highest BCUT2D eigenvalue weighted by atomic mass is 15.1. The molecule has 0 aliphatic heterocycles. The molecule has 0 atom stereocenters. The maximum absolute atomic E-state index is 4.23. The van der Waals surface area contributed by atoms with E-state index in [1.54, 1.807) is 0 Å². The smallest absolute Gasteiger partial charge is 0.0541 e. The van der Waals surface area contributed by atoms with Gasteiger partial charge in [-0.15, -0.1) is 0 Å². The minimum absolute atomic E-state index is 0.0122. The maximum Gasteiger partial charge on any atom is 0.0541 e. The van der Waals surface area contributed by atoms with Gasteiger partial charge in [0.15, 0.2) is 0 Å². The topological polar surface area (TPSA) is 8.17 Å². The first kappa shape index (κ1) is 38.5. The summed E-state index contributed by atoms with van der Waals surface area (Å²) < 4.78 is 2.31. The number of allylic oxidation sites excluding steroid dienone is 1. The largest absolute Gasteiger partial charge is 0.310 e. The number of para-hydroxylation sites is 1. The zero-order chi connectivity index (χ0) is 43.0. The quantitative estimate of drug-likeness (QED) is 0.148. The van der Waals surface area contributed by atoms with Crippen LogP contribution in [0.3, 0.4) is 0 Å². The maximum atomic E-state index is 4.23. The van der Waals surface area contributed by atoms with Gasteiger partial charge in [-0.1, -0.05) is 162 Å². The molecule has 0 saturated heterocycles. The van der Waals surface area contributed by atoms with Crippen molar-refractivity contribution < 1.29 is 0 Å². The Balaban J connectivity index is 0.998. The van der Waals surface area contributed by atoms with Crippen molar-refractivity contribution in [2.45, 2.75) is 45.4 Å².